The molecule has 6 heteroatoms. The van der Waals surface area contributed by atoms with Crippen molar-refractivity contribution in [1.29, 1.82) is 0 Å². The number of amides is 1. The summed E-state index contributed by atoms with van der Waals surface area (Å²) in [5.74, 6) is 2.15. The molecular weight excluding hydrogens is 334 g/mol. The summed E-state index contributed by atoms with van der Waals surface area (Å²) in [6, 6.07) is 4.12. The Hall–Kier alpha value is -1.66. The highest BCUT2D eigenvalue weighted by molar-refractivity contribution is 7.07. The molecule has 2 aromatic heterocycles. The van der Waals surface area contributed by atoms with Crippen molar-refractivity contribution in [2.24, 2.45) is 5.41 Å². The Kier molecular flexibility index (Phi) is 4.65. The lowest BCUT2D eigenvalue weighted by atomic mass is 9.71. The number of aryl methyl sites for hydroxylation is 1. The number of thiazole rings is 1. The van der Waals surface area contributed by atoms with Gasteiger partial charge in [0.2, 0.25) is 0 Å². The number of nitrogens with zero attached hydrogens (tertiary/aromatic N) is 3. The van der Waals surface area contributed by atoms with Crippen LogP contribution < -0.4 is 0 Å². The Morgan fingerprint density at radius 2 is 1.92 bits per heavy atom. The quantitative estimate of drug-likeness (QED) is 0.841. The standard InChI is InChI=1S/C19H25N3O2S/c1-15-2-3-16(24-15)12-21-8-4-19(5-9-21)6-10-22(11-7-19)18(23)17-13-25-14-20-17/h2-3,13-14H,4-12H2,1H3. The van der Waals surface area contributed by atoms with Crippen LogP contribution in [0.2, 0.25) is 0 Å². The first-order valence-corrected chi connectivity index (χ1v) is 10.0. The zero-order valence-electron chi connectivity index (χ0n) is 14.7. The number of hydrogen-bond donors (Lipinski definition) is 0. The summed E-state index contributed by atoms with van der Waals surface area (Å²) in [4.78, 5) is 21.1. The monoisotopic (exact) mass is 359 g/mol. The lowest BCUT2D eigenvalue weighted by Gasteiger charge is -2.46. The molecule has 2 aromatic rings. The molecule has 25 heavy (non-hydrogen) atoms. The van der Waals surface area contributed by atoms with Crippen LogP contribution in [0.15, 0.2) is 27.4 Å². The Morgan fingerprint density at radius 1 is 1.20 bits per heavy atom. The summed E-state index contributed by atoms with van der Waals surface area (Å²) in [5.41, 5.74) is 2.76. The van der Waals surface area contributed by atoms with Crippen molar-refractivity contribution in [1.82, 2.24) is 14.8 Å². The number of carbonyl (C=O) groups is 1. The molecule has 0 bridgehead atoms. The zero-order chi connectivity index (χ0) is 17.3. The first-order chi connectivity index (χ1) is 12.1. The SMILES string of the molecule is Cc1ccc(CN2CCC3(CC2)CCN(C(=O)c2cscn2)CC3)o1. The van der Waals surface area contributed by atoms with Crippen molar-refractivity contribution in [2.75, 3.05) is 26.2 Å². The molecule has 0 N–H and O–H groups in total. The van der Waals surface area contributed by atoms with E-state index in [0.717, 1.165) is 57.1 Å². The van der Waals surface area contributed by atoms with Crippen LogP contribution in [-0.2, 0) is 6.54 Å². The number of furan rings is 1. The van der Waals surface area contributed by atoms with Crippen molar-refractivity contribution in [2.45, 2.75) is 39.2 Å². The van der Waals surface area contributed by atoms with Crippen molar-refractivity contribution in [3.05, 3.63) is 40.2 Å². The molecule has 0 unspecified atom stereocenters. The van der Waals surface area contributed by atoms with Gasteiger partial charge in [0.15, 0.2) is 0 Å². The number of carbonyl (C=O) groups excluding carboxylic acids is 1. The average Bonchev–Trinajstić information content (AvgIpc) is 3.29. The number of rotatable bonds is 3. The highest BCUT2D eigenvalue weighted by atomic mass is 32.1. The number of aromatic nitrogens is 1. The van der Waals surface area contributed by atoms with E-state index >= 15 is 0 Å². The van der Waals surface area contributed by atoms with Gasteiger partial charge in [-0.05, 0) is 63.2 Å². The average molecular weight is 359 g/mol. The third kappa shape index (κ3) is 3.65. The second kappa shape index (κ2) is 6.92. The summed E-state index contributed by atoms with van der Waals surface area (Å²) in [6.45, 7) is 6.90. The molecule has 0 saturated carbocycles. The molecule has 5 nitrogen and oxygen atoms in total. The van der Waals surface area contributed by atoms with E-state index in [-0.39, 0.29) is 5.91 Å². The number of piperidine rings is 2. The molecule has 2 fully saturated rings. The highest BCUT2D eigenvalue weighted by Gasteiger charge is 2.38. The molecule has 2 aliphatic heterocycles. The molecule has 134 valence electrons. The van der Waals surface area contributed by atoms with Gasteiger partial charge in [-0.15, -0.1) is 11.3 Å². The van der Waals surface area contributed by atoms with E-state index in [1.54, 1.807) is 5.51 Å². The molecule has 2 aliphatic rings. The van der Waals surface area contributed by atoms with E-state index in [4.69, 9.17) is 4.42 Å². The number of hydrogen-bond acceptors (Lipinski definition) is 5. The molecule has 1 amide bonds. The predicted octanol–water partition coefficient (Wildman–Crippen LogP) is 3.56. The van der Waals surface area contributed by atoms with Gasteiger partial charge in [-0.2, -0.15) is 0 Å². The fourth-order valence-electron chi connectivity index (χ4n) is 4.14. The Morgan fingerprint density at radius 3 is 2.52 bits per heavy atom. The maximum absolute atomic E-state index is 12.4. The van der Waals surface area contributed by atoms with E-state index in [0.29, 0.717) is 11.1 Å². The van der Waals surface area contributed by atoms with Crippen LogP contribution in [0.4, 0.5) is 0 Å². The van der Waals surface area contributed by atoms with Crippen LogP contribution in [-0.4, -0.2) is 46.9 Å². The van der Waals surface area contributed by atoms with Crippen molar-refractivity contribution < 1.29 is 9.21 Å². The maximum Gasteiger partial charge on any atom is 0.273 e. The first kappa shape index (κ1) is 16.8. The molecule has 0 aromatic carbocycles. The molecule has 0 radical (unpaired) electrons. The second-order valence-electron chi connectivity index (χ2n) is 7.45. The molecule has 2 saturated heterocycles. The Balaban J connectivity index is 1.28. The number of likely N-dealkylation sites (tertiary alicyclic amines) is 2. The van der Waals surface area contributed by atoms with Gasteiger partial charge in [0.1, 0.15) is 17.2 Å². The largest absolute Gasteiger partial charge is 0.465 e. The van der Waals surface area contributed by atoms with E-state index in [1.165, 1.54) is 24.2 Å². The minimum Gasteiger partial charge on any atom is -0.465 e. The van der Waals surface area contributed by atoms with E-state index in [9.17, 15) is 4.79 Å². The smallest absolute Gasteiger partial charge is 0.273 e. The van der Waals surface area contributed by atoms with Gasteiger partial charge in [0, 0.05) is 18.5 Å². The lowest BCUT2D eigenvalue weighted by Crippen LogP contribution is -2.48. The van der Waals surface area contributed by atoms with Crippen LogP contribution in [0, 0.1) is 12.3 Å². The van der Waals surface area contributed by atoms with E-state index < -0.39 is 0 Å². The third-order valence-corrected chi connectivity index (χ3v) is 6.44. The van der Waals surface area contributed by atoms with Gasteiger partial charge in [0.25, 0.3) is 5.91 Å². The van der Waals surface area contributed by atoms with Gasteiger partial charge in [0.05, 0.1) is 12.1 Å². The molecule has 0 aliphatic carbocycles. The summed E-state index contributed by atoms with van der Waals surface area (Å²) in [7, 11) is 0. The van der Waals surface area contributed by atoms with Crippen LogP contribution in [0.5, 0.6) is 0 Å². The summed E-state index contributed by atoms with van der Waals surface area (Å²) in [6.07, 6.45) is 4.70. The maximum atomic E-state index is 12.4. The van der Waals surface area contributed by atoms with Gasteiger partial charge in [-0.25, -0.2) is 4.98 Å². The normalized spacial score (nSPS) is 20.9. The predicted molar refractivity (Wildman–Crippen MR) is 97.6 cm³/mol. The Labute approximate surface area is 152 Å². The third-order valence-electron chi connectivity index (χ3n) is 5.85. The van der Waals surface area contributed by atoms with Gasteiger partial charge in [-0.1, -0.05) is 0 Å². The molecule has 0 atom stereocenters. The topological polar surface area (TPSA) is 49.6 Å². The van der Waals surface area contributed by atoms with E-state index in [1.807, 2.05) is 23.3 Å². The molecule has 4 heterocycles. The highest BCUT2D eigenvalue weighted by Crippen LogP contribution is 2.41. The summed E-state index contributed by atoms with van der Waals surface area (Å²) in [5, 5.41) is 1.85. The van der Waals surface area contributed by atoms with Gasteiger partial charge in [-0.3, -0.25) is 9.69 Å². The minimum absolute atomic E-state index is 0.0988. The zero-order valence-corrected chi connectivity index (χ0v) is 15.6. The van der Waals surface area contributed by atoms with Gasteiger partial charge >= 0.3 is 0 Å². The fraction of sp³-hybridized carbons (Fsp3) is 0.579. The summed E-state index contributed by atoms with van der Waals surface area (Å²) >= 11 is 1.48. The summed E-state index contributed by atoms with van der Waals surface area (Å²) < 4.78 is 5.71. The Bertz CT molecular complexity index is 707. The lowest BCUT2D eigenvalue weighted by molar-refractivity contribution is 0.0268. The van der Waals surface area contributed by atoms with Crippen LogP contribution in [0.25, 0.3) is 0 Å². The van der Waals surface area contributed by atoms with Crippen LogP contribution in [0.3, 0.4) is 0 Å². The fourth-order valence-corrected chi connectivity index (χ4v) is 4.67. The van der Waals surface area contributed by atoms with Gasteiger partial charge < -0.3 is 9.32 Å². The molecule has 4 rings (SSSR count). The van der Waals surface area contributed by atoms with E-state index in [2.05, 4.69) is 16.0 Å². The van der Waals surface area contributed by atoms with Crippen LogP contribution >= 0.6 is 11.3 Å². The second-order valence-corrected chi connectivity index (χ2v) is 8.17. The first-order valence-electron chi connectivity index (χ1n) is 9.09. The molecular formula is C19H25N3O2S. The van der Waals surface area contributed by atoms with Crippen molar-refractivity contribution in [3.8, 4) is 0 Å². The van der Waals surface area contributed by atoms with Crippen LogP contribution in [0.1, 0.15) is 47.7 Å². The van der Waals surface area contributed by atoms with Crippen molar-refractivity contribution >= 4 is 17.2 Å². The minimum atomic E-state index is 0.0988. The molecule has 1 spiro atoms. The van der Waals surface area contributed by atoms with Crippen molar-refractivity contribution in [3.63, 3.8) is 0 Å².